The lowest BCUT2D eigenvalue weighted by Crippen LogP contribution is -2.60. The molecule has 1 spiro atoms. The van der Waals surface area contributed by atoms with Crippen LogP contribution in [0.25, 0.3) is 6.08 Å². The normalized spacial score (nSPS) is 19.0. The first-order valence-corrected chi connectivity index (χ1v) is 9.99. The Labute approximate surface area is 180 Å². The SMILES string of the molecule is Cc1cc2c(c(C=NNc3ccccc3)c1)OC1(C=C2)Oc2ccccc2C(=O)N1C. The monoisotopic (exact) mass is 411 g/mol. The van der Waals surface area contributed by atoms with Crippen LogP contribution >= 0.6 is 0 Å². The summed E-state index contributed by atoms with van der Waals surface area (Å²) in [6.07, 6.45) is 5.40. The Morgan fingerprint density at radius 3 is 2.65 bits per heavy atom. The molecule has 0 saturated carbocycles. The molecule has 2 heterocycles. The minimum atomic E-state index is -1.36. The molecule has 3 aromatic rings. The third-order valence-electron chi connectivity index (χ3n) is 5.33. The second-order valence-electron chi connectivity index (χ2n) is 7.54. The number of hydrogen-bond donors (Lipinski definition) is 1. The number of ether oxygens (including phenoxy) is 2. The zero-order chi connectivity index (χ0) is 21.4. The molecule has 31 heavy (non-hydrogen) atoms. The Bertz CT molecular complexity index is 1220. The smallest absolute Gasteiger partial charge is 0.362 e. The Balaban J connectivity index is 1.50. The maximum atomic E-state index is 13.0. The molecule has 0 fully saturated rings. The van der Waals surface area contributed by atoms with Crippen LogP contribution in [-0.2, 0) is 0 Å². The third-order valence-corrected chi connectivity index (χ3v) is 5.33. The van der Waals surface area contributed by atoms with Crippen molar-refractivity contribution >= 4 is 23.9 Å². The van der Waals surface area contributed by atoms with Crippen molar-refractivity contribution in [2.24, 2.45) is 5.10 Å². The van der Waals surface area contributed by atoms with E-state index in [9.17, 15) is 4.79 Å². The van der Waals surface area contributed by atoms with E-state index in [1.54, 1.807) is 31.5 Å². The van der Waals surface area contributed by atoms with Gasteiger partial charge < -0.3 is 9.47 Å². The van der Waals surface area contributed by atoms with E-state index in [0.29, 0.717) is 17.1 Å². The van der Waals surface area contributed by atoms with E-state index < -0.39 is 5.91 Å². The predicted octanol–water partition coefficient (Wildman–Crippen LogP) is 4.67. The number of para-hydroxylation sites is 2. The third kappa shape index (κ3) is 3.32. The molecule has 2 aliphatic rings. The van der Waals surface area contributed by atoms with Crippen molar-refractivity contribution in [3.8, 4) is 11.5 Å². The number of rotatable bonds is 3. The topological polar surface area (TPSA) is 63.2 Å². The van der Waals surface area contributed by atoms with Gasteiger partial charge in [0.1, 0.15) is 11.5 Å². The molecule has 0 saturated heterocycles. The van der Waals surface area contributed by atoms with Crippen LogP contribution in [0.4, 0.5) is 5.69 Å². The molecule has 6 nitrogen and oxygen atoms in total. The van der Waals surface area contributed by atoms with Gasteiger partial charge in [-0.3, -0.25) is 15.1 Å². The number of nitrogens with one attached hydrogen (secondary N) is 1. The Kier molecular flexibility index (Phi) is 4.47. The van der Waals surface area contributed by atoms with Crippen molar-refractivity contribution in [3.63, 3.8) is 0 Å². The predicted molar refractivity (Wildman–Crippen MR) is 120 cm³/mol. The number of hydrogen-bond acceptors (Lipinski definition) is 5. The molecule has 1 unspecified atom stereocenters. The van der Waals surface area contributed by atoms with Crippen molar-refractivity contribution in [1.29, 1.82) is 0 Å². The van der Waals surface area contributed by atoms with E-state index in [1.807, 2.05) is 67.6 Å². The Hall–Kier alpha value is -4.06. The minimum Gasteiger partial charge on any atom is -0.431 e. The largest absolute Gasteiger partial charge is 0.431 e. The number of carbonyl (C=O) groups excluding carboxylic acids is 1. The van der Waals surface area contributed by atoms with Crippen LogP contribution in [0.3, 0.4) is 0 Å². The fourth-order valence-electron chi connectivity index (χ4n) is 3.75. The molecule has 0 aromatic heterocycles. The van der Waals surface area contributed by atoms with Crippen molar-refractivity contribution in [2.75, 3.05) is 12.5 Å². The molecule has 0 radical (unpaired) electrons. The number of nitrogens with zero attached hydrogens (tertiary/aromatic N) is 2. The summed E-state index contributed by atoms with van der Waals surface area (Å²) >= 11 is 0. The van der Waals surface area contributed by atoms with Gasteiger partial charge in [0.25, 0.3) is 5.91 Å². The van der Waals surface area contributed by atoms with Crippen LogP contribution in [0.1, 0.15) is 27.0 Å². The van der Waals surface area contributed by atoms with Crippen molar-refractivity contribution < 1.29 is 14.3 Å². The molecule has 1 atom stereocenters. The van der Waals surface area contributed by atoms with Gasteiger partial charge in [0, 0.05) is 24.3 Å². The van der Waals surface area contributed by atoms with E-state index in [1.165, 1.54) is 4.90 Å². The van der Waals surface area contributed by atoms with Gasteiger partial charge in [0.15, 0.2) is 0 Å². The summed E-state index contributed by atoms with van der Waals surface area (Å²) in [6, 6.07) is 20.9. The van der Waals surface area contributed by atoms with Gasteiger partial charge in [-0.15, -0.1) is 0 Å². The summed E-state index contributed by atoms with van der Waals surface area (Å²) < 4.78 is 12.6. The lowest BCUT2D eigenvalue weighted by molar-refractivity contribution is -0.166. The van der Waals surface area contributed by atoms with Gasteiger partial charge >= 0.3 is 5.91 Å². The number of amides is 1. The van der Waals surface area contributed by atoms with Crippen LogP contribution in [0.2, 0.25) is 0 Å². The molecule has 1 amide bonds. The molecule has 1 N–H and O–H groups in total. The van der Waals surface area contributed by atoms with Crippen molar-refractivity contribution in [3.05, 3.63) is 95.1 Å². The standard InChI is InChI=1S/C25H21N3O3/c1-17-14-18-12-13-25(28(2)24(29)21-10-6-7-11-22(21)30-25)31-23(18)19(15-17)16-26-27-20-8-4-3-5-9-20/h3-16,27H,1-2H3. The zero-order valence-corrected chi connectivity index (χ0v) is 17.2. The fraction of sp³-hybridized carbons (Fsp3) is 0.120. The molecular weight excluding hydrogens is 390 g/mol. The maximum absolute atomic E-state index is 13.0. The molecule has 2 aliphatic heterocycles. The van der Waals surface area contributed by atoms with E-state index >= 15 is 0 Å². The lowest BCUT2D eigenvalue weighted by atomic mass is 10.0. The number of aryl methyl sites for hydroxylation is 1. The van der Waals surface area contributed by atoms with E-state index in [2.05, 4.69) is 10.5 Å². The molecule has 3 aromatic carbocycles. The first-order chi connectivity index (χ1) is 15.1. The molecule has 0 aliphatic carbocycles. The van der Waals surface area contributed by atoms with Crippen LogP contribution in [0.15, 0.2) is 77.9 Å². The summed E-state index contributed by atoms with van der Waals surface area (Å²) in [7, 11) is 1.67. The number of carbonyl (C=O) groups is 1. The van der Waals surface area contributed by atoms with Crippen LogP contribution in [0, 0.1) is 6.92 Å². The van der Waals surface area contributed by atoms with E-state index in [-0.39, 0.29) is 5.91 Å². The summed E-state index contributed by atoms with van der Waals surface area (Å²) in [5.74, 6) is -0.427. The average molecular weight is 411 g/mol. The van der Waals surface area contributed by atoms with E-state index in [4.69, 9.17) is 9.47 Å². The number of hydrazone groups is 1. The number of benzene rings is 3. The zero-order valence-electron chi connectivity index (χ0n) is 17.2. The highest BCUT2D eigenvalue weighted by Gasteiger charge is 2.47. The summed E-state index contributed by atoms with van der Waals surface area (Å²) in [5, 5.41) is 4.36. The Morgan fingerprint density at radius 1 is 1.03 bits per heavy atom. The second-order valence-corrected chi connectivity index (χ2v) is 7.54. The summed E-state index contributed by atoms with van der Waals surface area (Å²) in [5.41, 5.74) is 7.17. The quantitative estimate of drug-likeness (QED) is 0.503. The molecule has 5 rings (SSSR count). The van der Waals surface area contributed by atoms with Gasteiger partial charge in [-0.2, -0.15) is 5.10 Å². The van der Waals surface area contributed by atoms with Crippen molar-refractivity contribution in [1.82, 2.24) is 4.90 Å². The molecule has 6 heteroatoms. The molecule has 154 valence electrons. The maximum Gasteiger partial charge on any atom is 0.362 e. The first kappa shape index (κ1) is 18.9. The Morgan fingerprint density at radius 2 is 1.81 bits per heavy atom. The highest BCUT2D eigenvalue weighted by atomic mass is 16.7. The molecule has 0 bridgehead atoms. The number of anilines is 1. The highest BCUT2D eigenvalue weighted by molar-refractivity contribution is 5.98. The van der Waals surface area contributed by atoms with Crippen LogP contribution in [-0.4, -0.2) is 30.0 Å². The summed E-state index contributed by atoms with van der Waals surface area (Å²) in [6.45, 7) is 2.02. The van der Waals surface area contributed by atoms with Crippen LogP contribution < -0.4 is 14.9 Å². The van der Waals surface area contributed by atoms with Gasteiger partial charge in [-0.05, 0) is 55.0 Å². The minimum absolute atomic E-state index is 0.164. The van der Waals surface area contributed by atoms with Crippen molar-refractivity contribution in [2.45, 2.75) is 12.8 Å². The van der Waals surface area contributed by atoms with E-state index in [0.717, 1.165) is 22.4 Å². The van der Waals surface area contributed by atoms with Gasteiger partial charge in [-0.1, -0.05) is 30.3 Å². The fourth-order valence-corrected chi connectivity index (χ4v) is 3.75. The van der Waals surface area contributed by atoms with Gasteiger partial charge in [0.05, 0.1) is 17.5 Å². The number of fused-ring (bicyclic) bond motifs is 2. The highest BCUT2D eigenvalue weighted by Crippen LogP contribution is 2.41. The van der Waals surface area contributed by atoms with Crippen LogP contribution in [0.5, 0.6) is 11.5 Å². The van der Waals surface area contributed by atoms with Gasteiger partial charge in [0.2, 0.25) is 0 Å². The lowest BCUT2D eigenvalue weighted by Gasteiger charge is -2.44. The van der Waals surface area contributed by atoms with Gasteiger partial charge in [-0.25, -0.2) is 0 Å². The second kappa shape index (κ2) is 7.32. The average Bonchev–Trinajstić information content (AvgIpc) is 2.79. The molecular formula is C25H21N3O3. The first-order valence-electron chi connectivity index (χ1n) is 9.99. The number of likely N-dealkylation sites (N-methyl/N-ethyl adjacent to an activating group) is 1. The summed E-state index contributed by atoms with van der Waals surface area (Å²) in [4.78, 5) is 14.4.